The molecule has 0 fully saturated rings. The lowest BCUT2D eigenvalue weighted by molar-refractivity contribution is -0.384. The summed E-state index contributed by atoms with van der Waals surface area (Å²) in [5.74, 6) is -0.129. The van der Waals surface area contributed by atoms with E-state index in [4.69, 9.17) is 4.42 Å². The van der Waals surface area contributed by atoms with Crippen LogP contribution in [0.25, 0.3) is 17.5 Å². The SMILES string of the molecule is Cc1ccc(C)c(-c2nnc(NC(=O)/C=C/c3ccc([N+](=O)[O-])cc3)o2)c1. The molecule has 3 aromatic rings. The van der Waals surface area contributed by atoms with Crippen LogP contribution in [0.2, 0.25) is 0 Å². The van der Waals surface area contributed by atoms with Crippen LogP contribution in [0.5, 0.6) is 0 Å². The molecule has 1 heterocycles. The average Bonchev–Trinajstić information content (AvgIpc) is 3.10. The molecule has 0 saturated carbocycles. The molecule has 0 aliphatic heterocycles. The van der Waals surface area contributed by atoms with E-state index in [0.29, 0.717) is 11.5 Å². The number of aromatic nitrogens is 2. The first-order valence-corrected chi connectivity index (χ1v) is 8.07. The first-order chi connectivity index (χ1) is 12.9. The Morgan fingerprint density at radius 2 is 1.89 bits per heavy atom. The molecule has 3 rings (SSSR count). The number of hydrogen-bond donors (Lipinski definition) is 1. The van der Waals surface area contributed by atoms with Crippen molar-refractivity contribution in [3.63, 3.8) is 0 Å². The molecule has 0 unspecified atom stereocenters. The predicted molar refractivity (Wildman–Crippen MR) is 100.0 cm³/mol. The number of hydrogen-bond acceptors (Lipinski definition) is 6. The zero-order valence-electron chi connectivity index (χ0n) is 14.7. The molecule has 1 N–H and O–H groups in total. The number of nitrogens with one attached hydrogen (secondary N) is 1. The fourth-order valence-corrected chi connectivity index (χ4v) is 2.37. The van der Waals surface area contributed by atoms with E-state index in [9.17, 15) is 14.9 Å². The van der Waals surface area contributed by atoms with Crippen molar-refractivity contribution in [1.29, 1.82) is 0 Å². The minimum atomic E-state index is -0.483. The van der Waals surface area contributed by atoms with E-state index in [0.717, 1.165) is 16.7 Å². The Morgan fingerprint density at radius 3 is 2.59 bits per heavy atom. The molecule has 0 atom stereocenters. The van der Waals surface area contributed by atoms with E-state index in [1.165, 1.54) is 24.3 Å². The maximum Gasteiger partial charge on any atom is 0.322 e. The standard InChI is InChI=1S/C19H16N4O4/c1-12-3-4-13(2)16(11-12)18-21-22-19(27-18)20-17(24)10-7-14-5-8-15(9-6-14)23(25)26/h3-11H,1-2H3,(H,20,22,24)/b10-7+. The van der Waals surface area contributed by atoms with Crippen LogP contribution >= 0.6 is 0 Å². The van der Waals surface area contributed by atoms with Gasteiger partial charge >= 0.3 is 6.01 Å². The van der Waals surface area contributed by atoms with Crippen molar-refractivity contribution in [1.82, 2.24) is 10.2 Å². The van der Waals surface area contributed by atoms with Crippen molar-refractivity contribution in [2.24, 2.45) is 0 Å². The Morgan fingerprint density at radius 1 is 1.15 bits per heavy atom. The lowest BCUT2D eigenvalue weighted by Crippen LogP contribution is -2.07. The van der Waals surface area contributed by atoms with E-state index in [2.05, 4.69) is 15.5 Å². The second-order valence-corrected chi connectivity index (χ2v) is 5.90. The Labute approximate surface area is 154 Å². The maximum atomic E-state index is 12.0. The van der Waals surface area contributed by atoms with Crippen molar-refractivity contribution in [3.05, 3.63) is 75.3 Å². The largest absolute Gasteiger partial charge is 0.403 e. The second kappa shape index (κ2) is 7.61. The summed E-state index contributed by atoms with van der Waals surface area (Å²) in [7, 11) is 0. The zero-order valence-corrected chi connectivity index (χ0v) is 14.7. The molecule has 2 aromatic carbocycles. The van der Waals surface area contributed by atoms with Gasteiger partial charge in [-0.3, -0.25) is 20.2 Å². The van der Waals surface area contributed by atoms with Gasteiger partial charge in [-0.05, 0) is 49.2 Å². The fourth-order valence-electron chi connectivity index (χ4n) is 2.37. The Kier molecular flexibility index (Phi) is 5.07. The molecule has 0 aliphatic carbocycles. The van der Waals surface area contributed by atoms with Gasteiger partial charge in [0.1, 0.15) is 0 Å². The van der Waals surface area contributed by atoms with Crippen LogP contribution in [-0.2, 0) is 4.79 Å². The van der Waals surface area contributed by atoms with Crippen LogP contribution in [-0.4, -0.2) is 21.0 Å². The molecule has 0 saturated heterocycles. The lowest BCUT2D eigenvalue weighted by Gasteiger charge is -2.01. The molecular formula is C19H16N4O4. The van der Waals surface area contributed by atoms with Crippen LogP contribution in [0.15, 0.2) is 53.0 Å². The highest BCUT2D eigenvalue weighted by atomic mass is 16.6. The monoisotopic (exact) mass is 364 g/mol. The molecule has 0 bridgehead atoms. The molecule has 8 heteroatoms. The summed E-state index contributed by atoms with van der Waals surface area (Å²) >= 11 is 0. The van der Waals surface area contributed by atoms with Crippen molar-refractivity contribution in [2.45, 2.75) is 13.8 Å². The summed E-state index contributed by atoms with van der Waals surface area (Å²) in [6, 6.07) is 11.7. The van der Waals surface area contributed by atoms with Crippen LogP contribution < -0.4 is 5.32 Å². The van der Waals surface area contributed by atoms with Crippen molar-refractivity contribution in [2.75, 3.05) is 5.32 Å². The average molecular weight is 364 g/mol. The minimum Gasteiger partial charge on any atom is -0.403 e. The van der Waals surface area contributed by atoms with E-state index >= 15 is 0 Å². The molecule has 27 heavy (non-hydrogen) atoms. The summed E-state index contributed by atoms with van der Waals surface area (Å²) in [6.45, 7) is 3.90. The molecule has 8 nitrogen and oxygen atoms in total. The third-order valence-electron chi connectivity index (χ3n) is 3.81. The first-order valence-electron chi connectivity index (χ1n) is 8.07. The van der Waals surface area contributed by atoms with Gasteiger partial charge in [0.15, 0.2) is 0 Å². The lowest BCUT2D eigenvalue weighted by atomic mass is 10.1. The van der Waals surface area contributed by atoms with Gasteiger partial charge in [-0.1, -0.05) is 22.8 Å². The molecule has 136 valence electrons. The number of rotatable bonds is 5. The van der Waals surface area contributed by atoms with Gasteiger partial charge < -0.3 is 4.42 Å². The maximum absolute atomic E-state index is 12.0. The number of anilines is 1. The normalized spacial score (nSPS) is 10.9. The van der Waals surface area contributed by atoms with Crippen LogP contribution in [0.4, 0.5) is 11.7 Å². The quantitative estimate of drug-likeness (QED) is 0.417. The van der Waals surface area contributed by atoms with Gasteiger partial charge in [0, 0.05) is 23.8 Å². The zero-order chi connectivity index (χ0) is 19.4. The van der Waals surface area contributed by atoms with Crippen LogP contribution in [0.3, 0.4) is 0 Å². The number of aryl methyl sites for hydroxylation is 2. The highest BCUT2D eigenvalue weighted by Gasteiger charge is 2.12. The highest BCUT2D eigenvalue weighted by Crippen LogP contribution is 2.24. The fraction of sp³-hybridized carbons (Fsp3) is 0.105. The van der Waals surface area contributed by atoms with E-state index < -0.39 is 10.8 Å². The predicted octanol–water partition coefficient (Wildman–Crippen LogP) is 3.91. The minimum absolute atomic E-state index is 0.00995. The Hall–Kier alpha value is -3.81. The van der Waals surface area contributed by atoms with Crippen molar-refractivity contribution in [3.8, 4) is 11.5 Å². The van der Waals surface area contributed by atoms with Crippen molar-refractivity contribution < 1.29 is 14.1 Å². The second-order valence-electron chi connectivity index (χ2n) is 5.90. The molecule has 0 spiro atoms. The van der Waals surface area contributed by atoms with Crippen LogP contribution in [0.1, 0.15) is 16.7 Å². The number of carbonyl (C=O) groups is 1. The molecule has 1 amide bonds. The summed E-state index contributed by atoms with van der Waals surface area (Å²) in [4.78, 5) is 22.1. The summed E-state index contributed by atoms with van der Waals surface area (Å²) < 4.78 is 5.51. The first kappa shape index (κ1) is 18.0. The molecular weight excluding hydrogens is 348 g/mol. The smallest absolute Gasteiger partial charge is 0.322 e. The van der Waals surface area contributed by atoms with Crippen molar-refractivity contribution >= 4 is 23.7 Å². The number of non-ortho nitro benzene ring substituents is 1. The van der Waals surface area contributed by atoms with Gasteiger partial charge in [-0.25, -0.2) is 0 Å². The highest BCUT2D eigenvalue weighted by molar-refractivity contribution is 6.00. The van der Waals surface area contributed by atoms with Gasteiger partial charge in [0.25, 0.3) is 11.6 Å². The van der Waals surface area contributed by atoms with Gasteiger partial charge in [-0.2, -0.15) is 0 Å². The molecule has 1 aromatic heterocycles. The number of nitro groups is 1. The Balaban J connectivity index is 1.67. The number of carbonyl (C=O) groups excluding carboxylic acids is 1. The summed E-state index contributed by atoms with van der Waals surface area (Å²) in [5, 5.41) is 20.9. The summed E-state index contributed by atoms with van der Waals surface area (Å²) in [6.07, 6.45) is 2.81. The van der Waals surface area contributed by atoms with Gasteiger partial charge in [0.05, 0.1) is 4.92 Å². The topological polar surface area (TPSA) is 111 Å². The third-order valence-corrected chi connectivity index (χ3v) is 3.81. The third kappa shape index (κ3) is 4.43. The molecule has 0 aliphatic rings. The van der Waals surface area contributed by atoms with E-state index in [1.807, 2.05) is 32.0 Å². The summed E-state index contributed by atoms with van der Waals surface area (Å²) in [5.41, 5.74) is 3.49. The van der Waals surface area contributed by atoms with Crippen LogP contribution in [0, 0.1) is 24.0 Å². The number of nitrogens with zero attached hydrogens (tertiary/aromatic N) is 3. The van der Waals surface area contributed by atoms with Gasteiger partial charge in [-0.15, -0.1) is 5.10 Å². The number of nitro benzene ring substituents is 1. The van der Waals surface area contributed by atoms with Gasteiger partial charge in [0.2, 0.25) is 5.89 Å². The van der Waals surface area contributed by atoms with E-state index in [-0.39, 0.29) is 11.7 Å². The molecule has 0 radical (unpaired) electrons. The van der Waals surface area contributed by atoms with E-state index in [1.54, 1.807) is 12.1 Å². The number of amides is 1. The Bertz CT molecular complexity index is 1020. The number of benzene rings is 2.